The van der Waals surface area contributed by atoms with Crippen LogP contribution >= 0.6 is 11.3 Å². The lowest BCUT2D eigenvalue weighted by Gasteiger charge is -2.69. The average Bonchev–Trinajstić information content (AvgIpc) is 3.81. The molecule has 63 heavy (non-hydrogen) atoms. The number of rotatable bonds is 19. The Hall–Kier alpha value is -4.54. The molecule has 2 atom stereocenters. The number of aliphatic hydroxyl groups excluding tert-OH is 2. The highest BCUT2D eigenvalue weighted by Crippen LogP contribution is 2.72. The molecule has 15 heteroatoms. The number of unbranched alkanes of at least 4 members (excludes halogenated alkanes) is 2. The fraction of sp³-hybridized carbons (Fsp3) is 0.583. The van der Waals surface area contributed by atoms with Crippen LogP contribution in [0.1, 0.15) is 112 Å². The summed E-state index contributed by atoms with van der Waals surface area (Å²) in [6.07, 6.45) is 13.6. The molecule has 4 aromatic heterocycles. The maximum absolute atomic E-state index is 13.0. The number of fused-ring (bicyclic) bond motifs is 2. The first kappa shape index (κ1) is 43.7. The van der Waals surface area contributed by atoms with Crippen LogP contribution < -0.4 is 10.2 Å². The Labute approximate surface area is 374 Å². The zero-order valence-electron chi connectivity index (χ0n) is 37.3. The number of benzene rings is 1. The number of hydrogen-bond donors (Lipinski definition) is 4. The number of ether oxygens (including phenoxy) is 1. The predicted molar refractivity (Wildman–Crippen MR) is 246 cm³/mol. The zero-order valence-corrected chi connectivity index (χ0v) is 38.1. The Bertz CT molecular complexity index is 2410. The lowest BCUT2D eigenvalue weighted by molar-refractivity contribution is -0.248. The van der Waals surface area contributed by atoms with Gasteiger partial charge in [0.2, 0.25) is 0 Å². The molecule has 0 radical (unpaired) electrons. The molecule has 0 saturated heterocycles. The van der Waals surface area contributed by atoms with Crippen molar-refractivity contribution < 1.29 is 24.9 Å². The first-order chi connectivity index (χ1) is 30.3. The van der Waals surface area contributed by atoms with Gasteiger partial charge in [0, 0.05) is 60.8 Å². The van der Waals surface area contributed by atoms with E-state index in [1.807, 2.05) is 48.4 Å². The van der Waals surface area contributed by atoms with Gasteiger partial charge in [0.1, 0.15) is 5.82 Å². The standard InChI is InChI=1S/C48H63N9O5S/c1-32-34-12-11-19-56(42(34)54-53-41(32)52-44-50-37-13-5-6-14-38(37)63-44)39-16-15-35(40(51-39)43(60)61)36-24-49-57(33(36)2)31-47-26-45(3)25-46(4,27-47)29-48(28-45,30-47)62-23-20-55(17-7-9-21-58)18-8-10-22-59/h5-6,13-16,24,58-59H,7-12,17-23,25-31H2,1-4H3,(H,60,61)(H,50,52,53). The molecular formula is C48H63N9O5S. The van der Waals surface area contributed by atoms with Crippen LogP contribution in [0.5, 0.6) is 0 Å². The van der Waals surface area contributed by atoms with Crippen molar-refractivity contribution in [2.45, 2.75) is 117 Å². The van der Waals surface area contributed by atoms with Crippen LogP contribution in [-0.4, -0.2) is 108 Å². The number of aromatic nitrogens is 6. The molecule has 0 spiro atoms. The van der Waals surface area contributed by atoms with E-state index in [4.69, 9.17) is 19.8 Å². The third-order valence-corrected chi connectivity index (χ3v) is 15.3. The Balaban J connectivity index is 0.932. The Morgan fingerprint density at radius 1 is 0.889 bits per heavy atom. The smallest absolute Gasteiger partial charge is 0.355 e. The van der Waals surface area contributed by atoms with E-state index in [-0.39, 0.29) is 40.8 Å². The van der Waals surface area contributed by atoms with Crippen LogP contribution in [0.4, 0.5) is 22.6 Å². The van der Waals surface area contributed by atoms with Crippen LogP contribution in [-0.2, 0) is 17.7 Å². The van der Waals surface area contributed by atoms with Crippen molar-refractivity contribution >= 4 is 50.1 Å². The summed E-state index contributed by atoms with van der Waals surface area (Å²) in [5.41, 5.74) is 5.42. The highest BCUT2D eigenvalue weighted by Gasteiger charge is 2.66. The minimum Gasteiger partial charge on any atom is -0.476 e. The van der Waals surface area contributed by atoms with Gasteiger partial charge in [-0.3, -0.25) is 4.68 Å². The summed E-state index contributed by atoms with van der Waals surface area (Å²) in [6, 6.07) is 11.8. The number of thiazole rings is 1. The van der Waals surface area contributed by atoms with Gasteiger partial charge in [0.15, 0.2) is 22.5 Å². The summed E-state index contributed by atoms with van der Waals surface area (Å²) in [5.74, 6) is 0.800. The van der Waals surface area contributed by atoms with Crippen molar-refractivity contribution in [1.82, 2.24) is 34.8 Å². The van der Waals surface area contributed by atoms with Crippen molar-refractivity contribution in [3.05, 3.63) is 65.1 Å². The van der Waals surface area contributed by atoms with Crippen molar-refractivity contribution in [3.63, 3.8) is 0 Å². The minimum absolute atomic E-state index is 0.00924. The second-order valence-electron chi connectivity index (χ2n) is 19.9. The number of nitrogens with one attached hydrogen (secondary N) is 1. The normalized spacial score (nSPS) is 25.0. The van der Waals surface area contributed by atoms with E-state index in [9.17, 15) is 20.1 Å². The van der Waals surface area contributed by atoms with Gasteiger partial charge in [-0.25, -0.2) is 14.8 Å². The monoisotopic (exact) mass is 877 g/mol. The first-order valence-corrected chi connectivity index (χ1v) is 23.8. The number of carboxylic acids is 1. The molecule has 10 rings (SSSR count). The second kappa shape index (κ2) is 17.4. The topological polar surface area (TPSA) is 175 Å². The van der Waals surface area contributed by atoms with Crippen molar-refractivity contribution in [2.24, 2.45) is 16.2 Å². The number of pyridine rings is 1. The summed E-state index contributed by atoms with van der Waals surface area (Å²) in [4.78, 5) is 27.0. The SMILES string of the molecule is Cc1c(Nc2nc3ccccc3s2)nnc2c1CCCN2c1ccc(-c2cnn(CC34CC5(C)CC(C)(C3)CC(OCCN(CCCCO)CCCCO)(C5)C4)c2C)c(C(=O)O)n1. The van der Waals surface area contributed by atoms with Gasteiger partial charge >= 0.3 is 5.97 Å². The minimum atomic E-state index is -1.09. The van der Waals surface area contributed by atoms with E-state index in [0.717, 1.165) is 135 Å². The molecule has 4 N–H and O–H groups in total. The molecule has 336 valence electrons. The van der Waals surface area contributed by atoms with E-state index in [1.54, 1.807) is 11.3 Å². The van der Waals surface area contributed by atoms with Crippen molar-refractivity contribution in [3.8, 4) is 11.1 Å². The van der Waals surface area contributed by atoms with Crippen LogP contribution in [0.3, 0.4) is 0 Å². The summed E-state index contributed by atoms with van der Waals surface area (Å²) in [7, 11) is 0. The summed E-state index contributed by atoms with van der Waals surface area (Å²) in [6.45, 7) is 14.2. The first-order valence-electron chi connectivity index (χ1n) is 22.9. The molecule has 1 aliphatic heterocycles. The molecule has 4 bridgehead atoms. The van der Waals surface area contributed by atoms with E-state index in [1.165, 1.54) is 6.42 Å². The van der Waals surface area contributed by atoms with Gasteiger partial charge < -0.3 is 35.2 Å². The second-order valence-corrected chi connectivity index (χ2v) is 21.0. The third kappa shape index (κ3) is 8.83. The predicted octanol–water partition coefficient (Wildman–Crippen LogP) is 8.47. The summed E-state index contributed by atoms with van der Waals surface area (Å²) < 4.78 is 10.3. The van der Waals surface area contributed by atoms with Gasteiger partial charge in [-0.05, 0) is 144 Å². The van der Waals surface area contributed by atoms with Crippen LogP contribution in [0.2, 0.25) is 0 Å². The molecule has 5 aromatic rings. The van der Waals surface area contributed by atoms with Gasteiger partial charge in [-0.2, -0.15) is 5.10 Å². The molecule has 2 unspecified atom stereocenters. The van der Waals surface area contributed by atoms with E-state index < -0.39 is 5.97 Å². The number of anilines is 4. The van der Waals surface area contributed by atoms with Crippen LogP contribution in [0, 0.1) is 30.1 Å². The quantitative estimate of drug-likeness (QED) is 0.0582. The number of aliphatic hydroxyl groups is 2. The lowest BCUT2D eigenvalue weighted by Crippen LogP contribution is -2.64. The molecule has 0 amide bonds. The Morgan fingerprint density at radius 2 is 1.63 bits per heavy atom. The Kier molecular flexibility index (Phi) is 12.1. The molecule has 5 aliphatic rings. The lowest BCUT2D eigenvalue weighted by atomic mass is 9.39. The molecular weight excluding hydrogens is 815 g/mol. The van der Waals surface area contributed by atoms with Gasteiger partial charge in [-0.15, -0.1) is 10.2 Å². The average molecular weight is 878 g/mol. The molecule has 5 heterocycles. The number of aromatic carboxylic acids is 1. The number of nitrogens with zero attached hydrogens (tertiary/aromatic N) is 8. The fourth-order valence-electron chi connectivity index (χ4n) is 12.9. The highest BCUT2D eigenvalue weighted by molar-refractivity contribution is 7.22. The maximum Gasteiger partial charge on any atom is 0.355 e. The third-order valence-electron chi connectivity index (χ3n) is 14.4. The zero-order chi connectivity index (χ0) is 44.0. The van der Waals surface area contributed by atoms with Crippen LogP contribution in [0.15, 0.2) is 42.6 Å². The number of para-hydroxylation sites is 1. The molecule has 4 saturated carbocycles. The Morgan fingerprint density at radius 3 is 2.35 bits per heavy atom. The number of carbonyl (C=O) groups is 1. The fourth-order valence-corrected chi connectivity index (χ4v) is 13.8. The summed E-state index contributed by atoms with van der Waals surface area (Å²) in [5, 5.41) is 47.8. The van der Waals surface area contributed by atoms with E-state index >= 15 is 0 Å². The number of hydrogen-bond acceptors (Lipinski definition) is 13. The van der Waals surface area contributed by atoms with Crippen molar-refractivity contribution in [2.75, 3.05) is 56.2 Å². The molecule has 4 aliphatic carbocycles. The van der Waals surface area contributed by atoms with Crippen molar-refractivity contribution in [1.29, 1.82) is 0 Å². The van der Waals surface area contributed by atoms with Gasteiger partial charge in [0.05, 0.1) is 28.6 Å². The number of carboxylic acid groups (broad SMARTS) is 1. The molecule has 4 fully saturated rings. The molecule has 14 nitrogen and oxygen atoms in total. The maximum atomic E-state index is 13.0. The van der Waals surface area contributed by atoms with E-state index in [0.29, 0.717) is 36.2 Å². The summed E-state index contributed by atoms with van der Waals surface area (Å²) >= 11 is 1.57. The molecule has 1 aromatic carbocycles. The van der Waals surface area contributed by atoms with Gasteiger partial charge in [-0.1, -0.05) is 37.3 Å². The largest absolute Gasteiger partial charge is 0.476 e. The van der Waals surface area contributed by atoms with Crippen LogP contribution in [0.25, 0.3) is 21.3 Å². The highest BCUT2D eigenvalue weighted by atomic mass is 32.1. The van der Waals surface area contributed by atoms with E-state index in [2.05, 4.69) is 51.9 Å². The van der Waals surface area contributed by atoms with Gasteiger partial charge in [0.25, 0.3) is 0 Å².